The third-order valence-corrected chi connectivity index (χ3v) is 2.69. The molecule has 1 rings (SSSR count). The highest BCUT2D eigenvalue weighted by molar-refractivity contribution is 7.86. The highest BCUT2D eigenvalue weighted by Crippen LogP contribution is 2.12. The van der Waals surface area contributed by atoms with Gasteiger partial charge in [0.25, 0.3) is 0 Å². The molecule has 76 valence electrons. The topological polar surface area (TPSA) is 55.7 Å². The van der Waals surface area contributed by atoms with Crippen LogP contribution in [-0.2, 0) is 14.4 Å². The first-order valence-corrected chi connectivity index (χ1v) is 5.45. The van der Waals surface area contributed by atoms with Crippen molar-refractivity contribution in [3.05, 3.63) is 29.8 Å². The summed E-state index contributed by atoms with van der Waals surface area (Å²) < 4.78 is 27.1. The van der Waals surface area contributed by atoms with Crippen molar-refractivity contribution < 1.29 is 12.7 Å². The second-order valence-electron chi connectivity index (χ2n) is 2.71. The Bertz CT molecular complexity index is 420. The minimum Gasteiger partial charge on any atom is -0.265 e. The van der Waals surface area contributed by atoms with E-state index in [4.69, 9.17) is 0 Å². The maximum atomic E-state index is 11.4. The molecule has 0 aliphatic rings. The second-order valence-corrected chi connectivity index (χ2v) is 4.23. The first kappa shape index (κ1) is 10.7. The van der Waals surface area contributed by atoms with Crippen molar-refractivity contribution in [2.45, 2.75) is 18.7 Å². The monoisotopic (exact) mass is 213 g/mol. The average Bonchev–Trinajstić information content (AvgIpc) is 2.16. The van der Waals surface area contributed by atoms with Crippen LogP contribution in [0, 0.1) is 6.92 Å². The fourth-order valence-electron chi connectivity index (χ4n) is 0.848. The molecule has 1 aromatic carbocycles. The Morgan fingerprint density at radius 1 is 1.29 bits per heavy atom. The second kappa shape index (κ2) is 4.23. The summed E-state index contributed by atoms with van der Waals surface area (Å²) in [4.78, 5) is 0.105. The lowest BCUT2D eigenvalue weighted by Gasteiger charge is -2.00. The fraction of sp³-hybridized carbons (Fsp3) is 0.222. The van der Waals surface area contributed by atoms with Gasteiger partial charge in [-0.05, 0) is 26.0 Å². The highest BCUT2D eigenvalue weighted by Gasteiger charge is 2.14. The fourth-order valence-corrected chi connectivity index (χ4v) is 1.60. The number of nitrogens with zero attached hydrogens (tertiary/aromatic N) is 1. The minimum absolute atomic E-state index is 0.105. The molecule has 0 atom stereocenters. The van der Waals surface area contributed by atoms with Crippen LogP contribution in [0.1, 0.15) is 12.5 Å². The SMILES string of the molecule is C/C=N/OS(=O)(=O)c1ccc(C)cc1. The lowest BCUT2D eigenvalue weighted by molar-refractivity contribution is 0.340. The Labute approximate surface area is 83.3 Å². The van der Waals surface area contributed by atoms with Crippen LogP contribution in [0.4, 0.5) is 0 Å². The van der Waals surface area contributed by atoms with Gasteiger partial charge in [-0.2, -0.15) is 8.42 Å². The van der Waals surface area contributed by atoms with E-state index in [2.05, 4.69) is 9.44 Å². The van der Waals surface area contributed by atoms with Crippen molar-refractivity contribution in [1.29, 1.82) is 0 Å². The van der Waals surface area contributed by atoms with Gasteiger partial charge in [0.2, 0.25) is 0 Å². The quantitative estimate of drug-likeness (QED) is 0.567. The maximum absolute atomic E-state index is 11.4. The van der Waals surface area contributed by atoms with E-state index < -0.39 is 10.1 Å². The molecule has 0 N–H and O–H groups in total. The summed E-state index contributed by atoms with van der Waals surface area (Å²) in [6.07, 6.45) is 1.27. The number of hydrogen-bond acceptors (Lipinski definition) is 4. The van der Waals surface area contributed by atoms with Gasteiger partial charge >= 0.3 is 10.1 Å². The van der Waals surface area contributed by atoms with Gasteiger partial charge in [-0.25, -0.2) is 0 Å². The molecule has 0 fully saturated rings. The molecule has 0 heterocycles. The molecule has 0 aliphatic carbocycles. The van der Waals surface area contributed by atoms with Crippen molar-refractivity contribution in [3.63, 3.8) is 0 Å². The summed E-state index contributed by atoms with van der Waals surface area (Å²) in [5, 5.41) is 3.23. The van der Waals surface area contributed by atoms with Gasteiger partial charge in [0, 0.05) is 6.21 Å². The van der Waals surface area contributed by atoms with Crippen molar-refractivity contribution in [2.75, 3.05) is 0 Å². The molecule has 0 bridgehead atoms. The minimum atomic E-state index is -3.74. The van der Waals surface area contributed by atoms with Crippen LogP contribution in [0.15, 0.2) is 34.3 Å². The van der Waals surface area contributed by atoms with Crippen molar-refractivity contribution >= 4 is 16.3 Å². The van der Waals surface area contributed by atoms with E-state index in [1.165, 1.54) is 18.3 Å². The van der Waals surface area contributed by atoms with Crippen LogP contribution in [-0.4, -0.2) is 14.6 Å². The summed E-state index contributed by atoms with van der Waals surface area (Å²) in [6.45, 7) is 3.45. The number of hydrogen-bond donors (Lipinski definition) is 0. The standard InChI is InChI=1S/C9H11NO3S/c1-3-10-13-14(11,12)9-6-4-8(2)5-7-9/h3-7H,1-2H3/b10-3+. The van der Waals surface area contributed by atoms with Crippen LogP contribution >= 0.6 is 0 Å². The van der Waals surface area contributed by atoms with Gasteiger partial charge in [-0.3, -0.25) is 4.28 Å². The predicted octanol–water partition coefficient (Wildman–Crippen LogP) is 1.71. The van der Waals surface area contributed by atoms with E-state index >= 15 is 0 Å². The van der Waals surface area contributed by atoms with Crippen LogP contribution < -0.4 is 0 Å². The maximum Gasteiger partial charge on any atom is 0.358 e. The molecule has 0 aliphatic heterocycles. The summed E-state index contributed by atoms with van der Waals surface area (Å²) in [6, 6.07) is 6.36. The summed E-state index contributed by atoms with van der Waals surface area (Å²) in [5.41, 5.74) is 0.989. The molecule has 0 radical (unpaired) electrons. The van der Waals surface area contributed by atoms with Gasteiger partial charge in [0.05, 0.1) is 0 Å². The van der Waals surface area contributed by atoms with E-state index in [1.807, 2.05) is 6.92 Å². The molecule has 0 amide bonds. The average molecular weight is 213 g/mol. The van der Waals surface area contributed by atoms with E-state index in [-0.39, 0.29) is 4.90 Å². The van der Waals surface area contributed by atoms with Gasteiger partial charge in [0.15, 0.2) is 0 Å². The molecule has 1 aromatic rings. The summed E-state index contributed by atoms with van der Waals surface area (Å²) >= 11 is 0. The van der Waals surface area contributed by atoms with Crippen LogP contribution in [0.3, 0.4) is 0 Å². The van der Waals surface area contributed by atoms with E-state index in [1.54, 1.807) is 19.1 Å². The van der Waals surface area contributed by atoms with Gasteiger partial charge in [-0.15, -0.1) is 0 Å². The third-order valence-electron chi connectivity index (χ3n) is 1.56. The van der Waals surface area contributed by atoms with Crippen molar-refractivity contribution in [2.24, 2.45) is 5.16 Å². The Morgan fingerprint density at radius 3 is 2.36 bits per heavy atom. The Balaban J connectivity index is 2.99. The van der Waals surface area contributed by atoms with E-state index in [9.17, 15) is 8.42 Å². The number of aryl methyl sites for hydroxylation is 1. The first-order valence-electron chi connectivity index (χ1n) is 4.04. The van der Waals surface area contributed by atoms with Crippen LogP contribution in [0.2, 0.25) is 0 Å². The predicted molar refractivity (Wildman–Crippen MR) is 53.6 cm³/mol. The molecular weight excluding hydrogens is 202 g/mol. The Morgan fingerprint density at radius 2 is 1.86 bits per heavy atom. The summed E-state index contributed by atoms with van der Waals surface area (Å²) in [7, 11) is -3.74. The number of oxime groups is 1. The zero-order valence-electron chi connectivity index (χ0n) is 7.97. The molecule has 0 saturated carbocycles. The van der Waals surface area contributed by atoms with Gasteiger partial charge in [-0.1, -0.05) is 22.9 Å². The Kier molecular flexibility index (Phi) is 3.24. The smallest absolute Gasteiger partial charge is 0.265 e. The molecule has 0 unspecified atom stereocenters. The van der Waals surface area contributed by atoms with Gasteiger partial charge in [0.1, 0.15) is 4.90 Å². The number of rotatable bonds is 3. The first-order chi connectivity index (χ1) is 6.56. The normalized spacial score (nSPS) is 11.9. The molecule has 0 saturated heterocycles. The van der Waals surface area contributed by atoms with Crippen molar-refractivity contribution in [1.82, 2.24) is 0 Å². The molecule has 5 heteroatoms. The Hall–Kier alpha value is -1.36. The van der Waals surface area contributed by atoms with E-state index in [0.29, 0.717) is 0 Å². The lowest BCUT2D eigenvalue weighted by atomic mass is 10.2. The van der Waals surface area contributed by atoms with Gasteiger partial charge < -0.3 is 0 Å². The zero-order chi connectivity index (χ0) is 10.6. The largest absolute Gasteiger partial charge is 0.358 e. The van der Waals surface area contributed by atoms with Crippen LogP contribution in [0.25, 0.3) is 0 Å². The van der Waals surface area contributed by atoms with Crippen molar-refractivity contribution in [3.8, 4) is 0 Å². The van der Waals surface area contributed by atoms with Crippen LogP contribution in [0.5, 0.6) is 0 Å². The molecule has 0 spiro atoms. The lowest BCUT2D eigenvalue weighted by Crippen LogP contribution is -2.02. The van der Waals surface area contributed by atoms with E-state index in [0.717, 1.165) is 5.56 Å². The molecule has 0 aromatic heterocycles. The molecule has 4 nitrogen and oxygen atoms in total. The molecular formula is C9H11NO3S. The zero-order valence-corrected chi connectivity index (χ0v) is 8.78. The molecule has 14 heavy (non-hydrogen) atoms. The summed E-state index contributed by atoms with van der Waals surface area (Å²) in [5.74, 6) is 0. The third kappa shape index (κ3) is 2.56. The highest BCUT2D eigenvalue weighted by atomic mass is 32.2. The number of benzene rings is 1.